The van der Waals surface area contributed by atoms with Crippen molar-refractivity contribution in [3.05, 3.63) is 122 Å². The topological polar surface area (TPSA) is 66.2 Å². The zero-order valence-electron chi connectivity index (χ0n) is 22.0. The molecule has 0 bridgehead atoms. The van der Waals surface area contributed by atoms with Crippen LogP contribution in [-0.4, -0.2) is 32.4 Å². The molecule has 2 aromatic carbocycles. The molecule has 0 aliphatic heterocycles. The summed E-state index contributed by atoms with van der Waals surface area (Å²) >= 11 is 3.46. The zero-order valence-corrected chi connectivity index (χ0v) is 26.1. The van der Waals surface area contributed by atoms with E-state index in [4.69, 9.17) is 10.2 Å². The number of aliphatic hydroxyl groups excluding tert-OH is 2. The van der Waals surface area contributed by atoms with Gasteiger partial charge in [-0.15, -0.1) is 53.7 Å². The molecule has 6 aromatic rings. The Morgan fingerprint density at radius 3 is 1.57 bits per heavy atom. The van der Waals surface area contributed by atoms with Crippen LogP contribution in [0.15, 0.2) is 110 Å². The van der Waals surface area contributed by atoms with Gasteiger partial charge in [0.1, 0.15) is 0 Å². The van der Waals surface area contributed by atoms with Gasteiger partial charge in [0.05, 0.1) is 12.2 Å². The van der Waals surface area contributed by atoms with Gasteiger partial charge < -0.3 is 20.2 Å². The van der Waals surface area contributed by atoms with Gasteiger partial charge in [-0.05, 0) is 51.1 Å². The molecule has 2 N–H and O–H groups in total. The predicted molar refractivity (Wildman–Crippen MR) is 165 cm³/mol. The van der Waals surface area contributed by atoms with Gasteiger partial charge in [0.2, 0.25) is 0 Å². The van der Waals surface area contributed by atoms with E-state index in [0.29, 0.717) is 12.8 Å². The fourth-order valence-corrected chi connectivity index (χ4v) is 5.71. The molecule has 4 heterocycles. The number of thiophene rings is 2. The van der Waals surface area contributed by atoms with E-state index in [1.807, 2.05) is 60.9 Å². The van der Waals surface area contributed by atoms with Crippen molar-refractivity contribution in [2.24, 2.45) is 0 Å². The van der Waals surface area contributed by atoms with E-state index in [1.165, 1.54) is 20.2 Å². The number of rotatable bonds is 6. The van der Waals surface area contributed by atoms with E-state index < -0.39 is 12.2 Å². The molecular formula is C33H30IrN2O2S2-2. The van der Waals surface area contributed by atoms with Crippen molar-refractivity contribution in [1.82, 2.24) is 9.97 Å². The Hall–Kier alpha value is -3.03. The number of fused-ring (bicyclic) bond motifs is 2. The Morgan fingerprint density at radius 2 is 1.20 bits per heavy atom. The standard InChI is InChI=1S/2C13H8NS.C7H14O2.Ir/c2*1-2-7-12-10(5-1)9-13(15-12)11-6-3-4-8-14-11;1-3-4-7(9)5-6(2)8;/h2*1-8H;3,6-9H,1,4-5H2,2H3;/q2*-1;;. The normalized spacial score (nSPS) is 11.8. The van der Waals surface area contributed by atoms with E-state index in [1.54, 1.807) is 35.7 Å². The van der Waals surface area contributed by atoms with Crippen LogP contribution in [0, 0.1) is 12.1 Å². The number of pyridine rings is 2. The fraction of sp³-hybridized carbons (Fsp3) is 0.152. The van der Waals surface area contributed by atoms with Crippen molar-refractivity contribution >= 4 is 42.8 Å². The number of hydrogen-bond donors (Lipinski definition) is 2. The zero-order chi connectivity index (χ0) is 27.5. The first-order valence-electron chi connectivity index (χ1n) is 12.6. The smallest absolute Gasteiger partial charge is 0.0599 e. The SMILES string of the molecule is C=CCC(O)CC(C)O.[Ir].[c-]1c(-c2ccccn2)sc2ccccc12.[c-]1c(-c2ccccn2)sc2ccccc12. The van der Waals surface area contributed by atoms with Gasteiger partial charge in [0, 0.05) is 43.9 Å². The summed E-state index contributed by atoms with van der Waals surface area (Å²) in [6.07, 6.45) is 5.42. The van der Waals surface area contributed by atoms with Crippen LogP contribution >= 0.6 is 22.7 Å². The molecule has 0 aliphatic carbocycles. The van der Waals surface area contributed by atoms with Crippen molar-refractivity contribution in [1.29, 1.82) is 0 Å². The van der Waals surface area contributed by atoms with E-state index in [0.717, 1.165) is 21.1 Å². The molecule has 0 saturated carbocycles. The van der Waals surface area contributed by atoms with Crippen LogP contribution in [0.3, 0.4) is 0 Å². The van der Waals surface area contributed by atoms with E-state index in [9.17, 15) is 0 Å². The average Bonchev–Trinajstić information content (AvgIpc) is 3.59. The maximum Gasteiger partial charge on any atom is 0.0599 e. The second-order valence-corrected chi connectivity index (χ2v) is 10.9. The molecule has 1 radical (unpaired) electrons. The maximum absolute atomic E-state index is 8.99. The van der Waals surface area contributed by atoms with Gasteiger partial charge in [-0.2, -0.15) is 0 Å². The Morgan fingerprint density at radius 1 is 0.750 bits per heavy atom. The summed E-state index contributed by atoms with van der Waals surface area (Å²) in [6.45, 7) is 5.13. The Bertz CT molecular complexity index is 1410. The third-order valence-corrected chi connectivity index (χ3v) is 7.72. The molecule has 2 unspecified atom stereocenters. The minimum absolute atomic E-state index is 0. The van der Waals surface area contributed by atoms with Gasteiger partial charge >= 0.3 is 0 Å². The summed E-state index contributed by atoms with van der Waals surface area (Å²) in [5, 5.41) is 20.1. The first-order chi connectivity index (χ1) is 19.0. The summed E-state index contributed by atoms with van der Waals surface area (Å²) in [5.41, 5.74) is 2.00. The molecule has 40 heavy (non-hydrogen) atoms. The van der Waals surface area contributed by atoms with Crippen molar-refractivity contribution in [3.63, 3.8) is 0 Å². The molecule has 0 saturated heterocycles. The first kappa shape index (κ1) is 31.5. The van der Waals surface area contributed by atoms with Crippen molar-refractivity contribution in [2.45, 2.75) is 32.0 Å². The van der Waals surface area contributed by atoms with Gasteiger partial charge in [-0.3, -0.25) is 0 Å². The third kappa shape index (κ3) is 9.27. The van der Waals surface area contributed by atoms with Crippen molar-refractivity contribution < 1.29 is 30.3 Å². The molecule has 0 amide bonds. The summed E-state index contributed by atoms with van der Waals surface area (Å²) in [6, 6.07) is 35.2. The molecule has 0 fully saturated rings. The second-order valence-electron chi connectivity index (χ2n) is 8.80. The Kier molecular flexibility index (Phi) is 12.8. The van der Waals surface area contributed by atoms with E-state index in [-0.39, 0.29) is 20.1 Å². The third-order valence-electron chi connectivity index (χ3n) is 5.54. The second kappa shape index (κ2) is 16.3. The van der Waals surface area contributed by atoms with E-state index in [2.05, 4.69) is 65.1 Å². The molecule has 4 aromatic heterocycles. The number of nitrogens with zero attached hydrogens (tertiary/aromatic N) is 2. The van der Waals surface area contributed by atoms with Crippen LogP contribution in [0.5, 0.6) is 0 Å². The molecule has 0 spiro atoms. The summed E-state index contributed by atoms with van der Waals surface area (Å²) in [4.78, 5) is 10.9. The van der Waals surface area contributed by atoms with Crippen LogP contribution in [0.2, 0.25) is 0 Å². The molecule has 4 nitrogen and oxygen atoms in total. The van der Waals surface area contributed by atoms with Gasteiger partial charge in [0.25, 0.3) is 0 Å². The number of benzene rings is 2. The van der Waals surface area contributed by atoms with Gasteiger partial charge in [-0.1, -0.05) is 54.6 Å². The van der Waals surface area contributed by atoms with Crippen LogP contribution in [0.4, 0.5) is 0 Å². The maximum atomic E-state index is 8.99. The predicted octanol–water partition coefficient (Wildman–Crippen LogP) is 8.22. The van der Waals surface area contributed by atoms with Crippen LogP contribution < -0.4 is 0 Å². The minimum atomic E-state index is -0.428. The average molecular weight is 743 g/mol. The molecule has 0 aliphatic rings. The van der Waals surface area contributed by atoms with Crippen molar-refractivity contribution in [2.75, 3.05) is 0 Å². The summed E-state index contributed by atoms with van der Waals surface area (Å²) in [5.74, 6) is 0. The number of aromatic nitrogens is 2. The van der Waals surface area contributed by atoms with Gasteiger partial charge in [-0.25, -0.2) is 22.7 Å². The van der Waals surface area contributed by atoms with Crippen LogP contribution in [0.1, 0.15) is 19.8 Å². The summed E-state index contributed by atoms with van der Waals surface area (Å²) in [7, 11) is 0. The Labute approximate surface area is 257 Å². The van der Waals surface area contributed by atoms with E-state index >= 15 is 0 Å². The van der Waals surface area contributed by atoms with Crippen LogP contribution in [0.25, 0.3) is 41.3 Å². The van der Waals surface area contributed by atoms with Gasteiger partial charge in [0.15, 0.2) is 0 Å². The molecular weight excluding hydrogens is 713 g/mol. The van der Waals surface area contributed by atoms with Crippen LogP contribution in [-0.2, 0) is 20.1 Å². The number of hydrogen-bond acceptors (Lipinski definition) is 6. The first-order valence-corrected chi connectivity index (χ1v) is 14.3. The molecule has 207 valence electrons. The van der Waals surface area contributed by atoms with Crippen molar-refractivity contribution in [3.8, 4) is 21.1 Å². The monoisotopic (exact) mass is 743 g/mol. The molecule has 2 atom stereocenters. The number of aliphatic hydroxyl groups is 2. The fourth-order valence-electron chi connectivity index (χ4n) is 3.74. The summed E-state index contributed by atoms with van der Waals surface area (Å²) < 4.78 is 2.52. The molecule has 6 rings (SSSR count). The molecule has 7 heteroatoms. The largest absolute Gasteiger partial charge is 0.393 e. The Balaban J connectivity index is 0.000000170. The minimum Gasteiger partial charge on any atom is -0.393 e. The quantitative estimate of drug-likeness (QED) is 0.133.